The van der Waals surface area contributed by atoms with E-state index in [1.165, 1.54) is 0 Å². The number of rotatable bonds is 8. The van der Waals surface area contributed by atoms with Crippen molar-refractivity contribution in [2.24, 2.45) is 10.8 Å². The van der Waals surface area contributed by atoms with E-state index in [2.05, 4.69) is 0 Å². The summed E-state index contributed by atoms with van der Waals surface area (Å²) in [5.41, 5.74) is -0.844. The standard InChI is InChI=1S/C9H16O4.C9H18O2/c1-4-9(2,3)8(12)13-6-5-7(10)11;1-6-9(4,5)8(10)11-7(2)3/h4-6H2,1-3H3,(H,10,11);7H,6H2,1-5H3. The minimum atomic E-state index is -0.956. The minimum Gasteiger partial charge on any atom is -0.481 e. The lowest BCUT2D eigenvalue weighted by Crippen LogP contribution is -2.28. The lowest BCUT2D eigenvalue weighted by molar-refractivity contribution is -0.158. The number of esters is 2. The van der Waals surface area contributed by atoms with Crippen LogP contribution in [0.1, 0.15) is 74.7 Å². The van der Waals surface area contributed by atoms with Crippen LogP contribution in [0.15, 0.2) is 0 Å². The van der Waals surface area contributed by atoms with Crippen LogP contribution >= 0.6 is 0 Å². The van der Waals surface area contributed by atoms with Crippen molar-refractivity contribution < 1.29 is 29.0 Å². The summed E-state index contributed by atoms with van der Waals surface area (Å²) in [6, 6.07) is 0. The van der Waals surface area contributed by atoms with Crippen LogP contribution in [0.2, 0.25) is 0 Å². The zero-order chi connectivity index (χ0) is 19.6. The Morgan fingerprint density at radius 3 is 1.67 bits per heavy atom. The number of hydrogen-bond donors (Lipinski definition) is 1. The molecular weight excluding hydrogens is 312 g/mol. The maximum absolute atomic E-state index is 11.3. The second kappa shape index (κ2) is 11.0. The van der Waals surface area contributed by atoms with E-state index < -0.39 is 11.4 Å². The normalized spacial score (nSPS) is 11.4. The van der Waals surface area contributed by atoms with Crippen LogP contribution in [0.4, 0.5) is 0 Å². The molecule has 0 saturated heterocycles. The van der Waals surface area contributed by atoms with Crippen molar-refractivity contribution in [1.29, 1.82) is 0 Å². The van der Waals surface area contributed by atoms with Gasteiger partial charge in [0.25, 0.3) is 0 Å². The van der Waals surface area contributed by atoms with Crippen LogP contribution in [0.3, 0.4) is 0 Å². The lowest BCUT2D eigenvalue weighted by atomic mass is 9.91. The highest BCUT2D eigenvalue weighted by molar-refractivity contribution is 5.76. The van der Waals surface area contributed by atoms with Crippen LogP contribution in [-0.2, 0) is 23.9 Å². The van der Waals surface area contributed by atoms with E-state index in [0.29, 0.717) is 6.42 Å². The molecule has 0 aromatic rings. The molecular formula is C18H34O6. The average Bonchev–Trinajstić information content (AvgIpc) is 2.46. The number of carbonyl (C=O) groups excluding carboxylic acids is 2. The van der Waals surface area contributed by atoms with E-state index in [0.717, 1.165) is 6.42 Å². The minimum absolute atomic E-state index is 0.00618. The van der Waals surface area contributed by atoms with E-state index in [-0.39, 0.29) is 36.5 Å². The van der Waals surface area contributed by atoms with Gasteiger partial charge in [0.15, 0.2) is 0 Å². The first-order valence-corrected chi connectivity index (χ1v) is 8.40. The Morgan fingerprint density at radius 1 is 0.917 bits per heavy atom. The van der Waals surface area contributed by atoms with Crippen molar-refractivity contribution in [3.8, 4) is 0 Å². The lowest BCUT2D eigenvalue weighted by Gasteiger charge is -2.21. The summed E-state index contributed by atoms with van der Waals surface area (Å²) in [6.45, 7) is 14.9. The van der Waals surface area contributed by atoms with Gasteiger partial charge >= 0.3 is 17.9 Å². The molecule has 0 atom stereocenters. The Morgan fingerprint density at radius 2 is 1.33 bits per heavy atom. The van der Waals surface area contributed by atoms with Gasteiger partial charge in [-0.15, -0.1) is 0 Å². The molecule has 0 aliphatic rings. The second-order valence-corrected chi connectivity index (χ2v) is 7.21. The maximum Gasteiger partial charge on any atom is 0.311 e. The van der Waals surface area contributed by atoms with Crippen LogP contribution in [-0.4, -0.2) is 35.7 Å². The van der Waals surface area contributed by atoms with Crippen LogP contribution < -0.4 is 0 Å². The fourth-order valence-electron chi connectivity index (χ4n) is 1.09. The summed E-state index contributed by atoms with van der Waals surface area (Å²) in [5, 5.41) is 8.30. The van der Waals surface area contributed by atoms with Gasteiger partial charge in [-0.1, -0.05) is 13.8 Å². The molecule has 0 saturated carbocycles. The Labute approximate surface area is 145 Å². The summed E-state index contributed by atoms with van der Waals surface area (Å²) in [4.78, 5) is 32.7. The highest BCUT2D eigenvalue weighted by atomic mass is 16.5. The molecule has 0 heterocycles. The van der Waals surface area contributed by atoms with Crippen LogP contribution in [0.25, 0.3) is 0 Å². The molecule has 0 radical (unpaired) electrons. The average molecular weight is 346 g/mol. The van der Waals surface area contributed by atoms with Gasteiger partial charge in [0.1, 0.15) is 6.61 Å². The molecule has 0 aromatic heterocycles. The number of aliphatic carboxylic acids is 1. The molecule has 0 fully saturated rings. The highest BCUT2D eigenvalue weighted by Gasteiger charge is 2.28. The van der Waals surface area contributed by atoms with Crippen molar-refractivity contribution in [2.75, 3.05) is 6.61 Å². The number of ether oxygens (including phenoxy) is 2. The van der Waals surface area contributed by atoms with Gasteiger partial charge in [-0.25, -0.2) is 0 Å². The third-order valence-corrected chi connectivity index (χ3v) is 3.76. The molecule has 1 N–H and O–H groups in total. The van der Waals surface area contributed by atoms with E-state index in [1.54, 1.807) is 13.8 Å². The zero-order valence-corrected chi connectivity index (χ0v) is 16.4. The van der Waals surface area contributed by atoms with Crippen molar-refractivity contribution in [3.05, 3.63) is 0 Å². The largest absolute Gasteiger partial charge is 0.481 e. The Balaban J connectivity index is 0. The molecule has 24 heavy (non-hydrogen) atoms. The summed E-state index contributed by atoms with van der Waals surface area (Å²) in [5.74, 6) is -1.40. The third-order valence-electron chi connectivity index (χ3n) is 3.76. The monoisotopic (exact) mass is 346 g/mol. The fourth-order valence-corrected chi connectivity index (χ4v) is 1.09. The van der Waals surface area contributed by atoms with E-state index in [1.807, 2.05) is 41.5 Å². The van der Waals surface area contributed by atoms with Crippen molar-refractivity contribution >= 4 is 17.9 Å². The van der Waals surface area contributed by atoms with E-state index in [4.69, 9.17) is 14.6 Å². The number of carboxylic acid groups (broad SMARTS) is 1. The maximum atomic E-state index is 11.3. The Bertz CT molecular complexity index is 410. The number of carboxylic acids is 1. The van der Waals surface area contributed by atoms with Gasteiger partial charge in [0, 0.05) is 0 Å². The summed E-state index contributed by atoms with van der Waals surface area (Å²) in [7, 11) is 0. The van der Waals surface area contributed by atoms with Gasteiger partial charge in [0.05, 0.1) is 23.4 Å². The summed E-state index contributed by atoms with van der Waals surface area (Å²) in [6.07, 6.45) is 1.36. The molecule has 6 nitrogen and oxygen atoms in total. The first kappa shape index (κ1) is 24.7. The third kappa shape index (κ3) is 11.0. The number of carbonyl (C=O) groups is 3. The van der Waals surface area contributed by atoms with Crippen molar-refractivity contribution in [3.63, 3.8) is 0 Å². The summed E-state index contributed by atoms with van der Waals surface area (Å²) < 4.78 is 9.86. The van der Waals surface area contributed by atoms with Gasteiger partial charge in [-0.3, -0.25) is 14.4 Å². The molecule has 0 amide bonds. The fraction of sp³-hybridized carbons (Fsp3) is 0.833. The quantitative estimate of drug-likeness (QED) is 0.672. The molecule has 0 aliphatic carbocycles. The van der Waals surface area contributed by atoms with E-state index >= 15 is 0 Å². The predicted molar refractivity (Wildman–Crippen MR) is 92.6 cm³/mol. The van der Waals surface area contributed by atoms with Crippen LogP contribution in [0, 0.1) is 10.8 Å². The second-order valence-electron chi connectivity index (χ2n) is 7.21. The molecule has 142 valence electrons. The Hall–Kier alpha value is -1.59. The van der Waals surface area contributed by atoms with Crippen molar-refractivity contribution in [2.45, 2.75) is 80.8 Å². The first-order valence-electron chi connectivity index (χ1n) is 8.40. The molecule has 6 heteroatoms. The topological polar surface area (TPSA) is 89.9 Å². The Kier molecular flexibility index (Phi) is 11.4. The highest BCUT2D eigenvalue weighted by Crippen LogP contribution is 2.22. The first-order chi connectivity index (χ1) is 10.8. The van der Waals surface area contributed by atoms with Gasteiger partial charge < -0.3 is 14.6 Å². The van der Waals surface area contributed by atoms with Crippen molar-refractivity contribution in [1.82, 2.24) is 0 Å². The molecule has 0 rings (SSSR count). The molecule has 0 aliphatic heterocycles. The molecule has 0 unspecified atom stereocenters. The van der Waals surface area contributed by atoms with Gasteiger partial charge in [0.2, 0.25) is 0 Å². The van der Waals surface area contributed by atoms with E-state index in [9.17, 15) is 14.4 Å². The molecule has 0 spiro atoms. The zero-order valence-electron chi connectivity index (χ0n) is 16.4. The number of hydrogen-bond acceptors (Lipinski definition) is 5. The van der Waals surface area contributed by atoms with Gasteiger partial charge in [-0.2, -0.15) is 0 Å². The summed E-state index contributed by atoms with van der Waals surface area (Å²) >= 11 is 0. The van der Waals surface area contributed by atoms with Gasteiger partial charge in [-0.05, 0) is 54.4 Å². The SMILES string of the molecule is CCC(C)(C)C(=O)OC(C)C.CCC(C)(C)C(=O)OCCC(=O)O. The smallest absolute Gasteiger partial charge is 0.311 e. The molecule has 0 bridgehead atoms. The molecule has 0 aromatic carbocycles. The predicted octanol–water partition coefficient (Wildman–Crippen LogP) is 3.81. The van der Waals surface area contributed by atoms with Crippen LogP contribution in [0.5, 0.6) is 0 Å².